The lowest BCUT2D eigenvalue weighted by atomic mass is 10.4. The molecule has 0 fully saturated rings. The Morgan fingerprint density at radius 1 is 1.21 bits per heavy atom. The van der Waals surface area contributed by atoms with Crippen LogP contribution in [-0.4, -0.2) is 19.6 Å². The van der Waals surface area contributed by atoms with Gasteiger partial charge >= 0.3 is 6.18 Å². The molecule has 3 aromatic rings. The van der Waals surface area contributed by atoms with E-state index in [4.69, 9.17) is 4.42 Å². The van der Waals surface area contributed by atoms with Crippen LogP contribution in [0.15, 0.2) is 28.8 Å². The van der Waals surface area contributed by atoms with E-state index in [0.717, 1.165) is 6.07 Å². The van der Waals surface area contributed by atoms with Crippen molar-refractivity contribution < 1.29 is 17.6 Å². The van der Waals surface area contributed by atoms with E-state index in [2.05, 4.69) is 15.1 Å². The van der Waals surface area contributed by atoms with Crippen LogP contribution in [0.2, 0.25) is 0 Å². The number of nitrogens with zero attached hydrogens (tertiary/aromatic N) is 4. The van der Waals surface area contributed by atoms with Crippen molar-refractivity contribution in [3.05, 3.63) is 36.0 Å². The molecule has 0 aromatic carbocycles. The molecule has 19 heavy (non-hydrogen) atoms. The lowest BCUT2D eigenvalue weighted by Crippen LogP contribution is -2.02. The Labute approximate surface area is 104 Å². The highest BCUT2D eigenvalue weighted by atomic mass is 19.4. The van der Waals surface area contributed by atoms with Crippen molar-refractivity contribution in [3.63, 3.8) is 0 Å². The number of aryl methyl sites for hydroxylation is 1. The smallest absolute Gasteiger partial charge is 0.448 e. The van der Waals surface area contributed by atoms with E-state index >= 15 is 0 Å². The SMILES string of the molecule is Cc1nc2ccnc(-c3ccc(C(F)(F)F)o3)n2n1. The van der Waals surface area contributed by atoms with Gasteiger partial charge in [0.05, 0.1) is 0 Å². The first kappa shape index (κ1) is 11.7. The normalized spacial score (nSPS) is 12.2. The van der Waals surface area contributed by atoms with E-state index in [0.29, 0.717) is 11.5 Å². The monoisotopic (exact) mass is 268 g/mol. The highest BCUT2D eigenvalue weighted by Crippen LogP contribution is 2.33. The molecule has 0 atom stereocenters. The summed E-state index contributed by atoms with van der Waals surface area (Å²) in [6.07, 6.45) is -3.08. The lowest BCUT2D eigenvalue weighted by molar-refractivity contribution is -0.152. The zero-order chi connectivity index (χ0) is 13.6. The summed E-state index contributed by atoms with van der Waals surface area (Å²) < 4.78 is 43.6. The molecule has 8 heteroatoms. The highest BCUT2D eigenvalue weighted by molar-refractivity contribution is 5.53. The molecule has 0 saturated heterocycles. The predicted octanol–water partition coefficient (Wildman–Crippen LogP) is 2.71. The first-order valence-corrected chi connectivity index (χ1v) is 5.31. The molecule has 0 unspecified atom stereocenters. The number of hydrogen-bond acceptors (Lipinski definition) is 4. The Morgan fingerprint density at radius 3 is 2.68 bits per heavy atom. The van der Waals surface area contributed by atoms with Gasteiger partial charge in [-0.1, -0.05) is 0 Å². The van der Waals surface area contributed by atoms with Crippen LogP contribution in [-0.2, 0) is 6.18 Å². The number of aromatic nitrogens is 4. The van der Waals surface area contributed by atoms with Crippen LogP contribution >= 0.6 is 0 Å². The molecular formula is C11H7F3N4O. The fourth-order valence-corrected chi connectivity index (χ4v) is 1.70. The van der Waals surface area contributed by atoms with Gasteiger partial charge in [-0.3, -0.25) is 0 Å². The second-order valence-corrected chi connectivity index (χ2v) is 3.86. The second-order valence-electron chi connectivity index (χ2n) is 3.86. The third-order valence-corrected chi connectivity index (χ3v) is 2.46. The molecule has 5 nitrogen and oxygen atoms in total. The van der Waals surface area contributed by atoms with E-state index in [-0.39, 0.29) is 11.6 Å². The molecule has 3 rings (SSSR count). The van der Waals surface area contributed by atoms with Crippen LogP contribution < -0.4 is 0 Å². The molecule has 98 valence electrons. The Morgan fingerprint density at radius 2 is 2.00 bits per heavy atom. The zero-order valence-corrected chi connectivity index (χ0v) is 9.64. The van der Waals surface area contributed by atoms with Gasteiger partial charge < -0.3 is 4.42 Å². The molecule has 0 aliphatic rings. The Hall–Kier alpha value is -2.38. The Bertz CT molecular complexity index is 744. The summed E-state index contributed by atoms with van der Waals surface area (Å²) >= 11 is 0. The minimum Gasteiger partial charge on any atom is -0.448 e. The number of alkyl halides is 3. The van der Waals surface area contributed by atoms with Gasteiger partial charge in [-0.15, -0.1) is 5.10 Å². The Balaban J connectivity index is 2.16. The van der Waals surface area contributed by atoms with Crippen LogP contribution in [0.5, 0.6) is 0 Å². The summed E-state index contributed by atoms with van der Waals surface area (Å²) in [5, 5.41) is 4.06. The fourth-order valence-electron chi connectivity index (χ4n) is 1.70. The molecule has 0 bridgehead atoms. The topological polar surface area (TPSA) is 56.2 Å². The number of rotatable bonds is 1. The largest absolute Gasteiger partial charge is 0.449 e. The van der Waals surface area contributed by atoms with Crippen molar-refractivity contribution in [2.75, 3.05) is 0 Å². The summed E-state index contributed by atoms with van der Waals surface area (Å²) in [6.45, 7) is 1.68. The van der Waals surface area contributed by atoms with Crippen LogP contribution in [0.4, 0.5) is 13.2 Å². The second kappa shape index (κ2) is 3.81. The first-order valence-electron chi connectivity index (χ1n) is 5.31. The van der Waals surface area contributed by atoms with Gasteiger partial charge in [-0.05, 0) is 19.1 Å². The summed E-state index contributed by atoms with van der Waals surface area (Å²) in [7, 11) is 0. The van der Waals surface area contributed by atoms with Gasteiger partial charge in [0, 0.05) is 12.3 Å². The van der Waals surface area contributed by atoms with Crippen molar-refractivity contribution in [1.82, 2.24) is 19.6 Å². The van der Waals surface area contributed by atoms with E-state index < -0.39 is 11.9 Å². The van der Waals surface area contributed by atoms with E-state index in [1.165, 1.54) is 16.8 Å². The van der Waals surface area contributed by atoms with Crippen LogP contribution in [0, 0.1) is 6.92 Å². The molecule has 3 heterocycles. The minimum atomic E-state index is -4.52. The fraction of sp³-hybridized carbons (Fsp3) is 0.182. The molecule has 0 saturated carbocycles. The van der Waals surface area contributed by atoms with Crippen LogP contribution in [0.3, 0.4) is 0 Å². The van der Waals surface area contributed by atoms with Crippen molar-refractivity contribution >= 4 is 5.65 Å². The van der Waals surface area contributed by atoms with Crippen LogP contribution in [0.25, 0.3) is 17.2 Å². The number of halogens is 3. The summed E-state index contributed by atoms with van der Waals surface area (Å²) in [5.41, 5.74) is 0.493. The van der Waals surface area contributed by atoms with E-state index in [1.54, 1.807) is 13.0 Å². The maximum absolute atomic E-state index is 12.5. The molecule has 0 amide bonds. The molecule has 3 aromatic heterocycles. The maximum Gasteiger partial charge on any atom is 0.449 e. The molecule has 0 spiro atoms. The van der Waals surface area contributed by atoms with Crippen molar-refractivity contribution in [2.45, 2.75) is 13.1 Å². The lowest BCUT2D eigenvalue weighted by Gasteiger charge is -2.01. The third-order valence-electron chi connectivity index (χ3n) is 2.46. The van der Waals surface area contributed by atoms with Gasteiger partial charge in [0.2, 0.25) is 5.76 Å². The van der Waals surface area contributed by atoms with Crippen molar-refractivity contribution in [3.8, 4) is 11.6 Å². The van der Waals surface area contributed by atoms with E-state index in [9.17, 15) is 13.2 Å². The average Bonchev–Trinajstić information content (AvgIpc) is 2.91. The van der Waals surface area contributed by atoms with Gasteiger partial charge in [0.25, 0.3) is 0 Å². The van der Waals surface area contributed by atoms with Gasteiger partial charge in [0.15, 0.2) is 17.2 Å². The van der Waals surface area contributed by atoms with Gasteiger partial charge in [0.1, 0.15) is 5.82 Å². The van der Waals surface area contributed by atoms with Gasteiger partial charge in [-0.2, -0.15) is 17.7 Å². The summed E-state index contributed by atoms with van der Waals surface area (Å²) in [4.78, 5) is 8.09. The zero-order valence-electron chi connectivity index (χ0n) is 9.64. The van der Waals surface area contributed by atoms with Crippen molar-refractivity contribution in [2.24, 2.45) is 0 Å². The summed E-state index contributed by atoms with van der Waals surface area (Å²) in [5.74, 6) is -0.411. The van der Waals surface area contributed by atoms with Crippen molar-refractivity contribution in [1.29, 1.82) is 0 Å². The Kier molecular flexibility index (Phi) is 2.34. The van der Waals surface area contributed by atoms with E-state index in [1.807, 2.05) is 0 Å². The number of furan rings is 1. The molecular weight excluding hydrogens is 261 g/mol. The van der Waals surface area contributed by atoms with Crippen LogP contribution in [0.1, 0.15) is 11.6 Å². The number of fused-ring (bicyclic) bond motifs is 1. The number of hydrogen-bond donors (Lipinski definition) is 0. The molecule has 0 aliphatic heterocycles. The quantitative estimate of drug-likeness (QED) is 0.681. The standard InChI is InChI=1S/C11H7F3N4O/c1-6-16-9-4-5-15-10(18(9)17-6)7-2-3-8(19-7)11(12,13)14/h2-5H,1H3. The molecule has 0 N–H and O–H groups in total. The third kappa shape index (κ3) is 1.94. The average molecular weight is 268 g/mol. The predicted molar refractivity (Wildman–Crippen MR) is 58.2 cm³/mol. The molecule has 0 aliphatic carbocycles. The maximum atomic E-state index is 12.5. The molecule has 0 radical (unpaired) electrons. The first-order chi connectivity index (χ1) is 8.95. The highest BCUT2D eigenvalue weighted by Gasteiger charge is 2.35. The summed E-state index contributed by atoms with van der Waals surface area (Å²) in [6, 6.07) is 3.68. The minimum absolute atomic E-state index is 0.0113. The van der Waals surface area contributed by atoms with Gasteiger partial charge in [-0.25, -0.2) is 9.97 Å².